The molecular formula is C14H29O3PSe. The van der Waals surface area contributed by atoms with Gasteiger partial charge in [-0.25, -0.2) is 0 Å². The second kappa shape index (κ2) is 12.2. The first-order chi connectivity index (χ1) is 9.11. The summed E-state index contributed by atoms with van der Waals surface area (Å²) < 4.78 is 24.5. The van der Waals surface area contributed by atoms with E-state index in [1.165, 1.54) is 22.6 Å². The van der Waals surface area contributed by atoms with Crippen molar-refractivity contribution in [3.63, 3.8) is 0 Å². The van der Waals surface area contributed by atoms with Gasteiger partial charge in [-0.1, -0.05) is 0 Å². The monoisotopic (exact) mass is 356 g/mol. The molecule has 0 aromatic carbocycles. The average Bonchev–Trinajstić information content (AvgIpc) is 2.36. The second-order valence-corrected chi connectivity index (χ2v) is 8.69. The Labute approximate surface area is 125 Å². The van der Waals surface area contributed by atoms with Gasteiger partial charge in [0, 0.05) is 0 Å². The Hall–Kier alpha value is 0.409. The van der Waals surface area contributed by atoms with E-state index >= 15 is 0 Å². The maximum absolute atomic E-state index is 12.5. The van der Waals surface area contributed by atoms with Crippen LogP contribution in [-0.4, -0.2) is 28.2 Å². The Morgan fingerprint density at radius 2 is 1.63 bits per heavy atom. The molecule has 0 spiro atoms. The summed E-state index contributed by atoms with van der Waals surface area (Å²) in [5.41, 5.74) is 0. The Morgan fingerprint density at radius 3 is 2.11 bits per heavy atom. The second-order valence-electron chi connectivity index (χ2n) is 4.28. The fraction of sp³-hybridized carbons (Fsp3) is 0.857. The number of rotatable bonds is 12. The van der Waals surface area contributed by atoms with Crippen LogP contribution in [0.1, 0.15) is 59.8 Å². The summed E-state index contributed by atoms with van der Waals surface area (Å²) in [6.45, 7) is 8.95. The van der Waals surface area contributed by atoms with Crippen LogP contribution in [0.3, 0.4) is 0 Å². The van der Waals surface area contributed by atoms with Crippen LogP contribution < -0.4 is 0 Å². The van der Waals surface area contributed by atoms with Crippen molar-refractivity contribution in [1.82, 2.24) is 0 Å². The first-order valence-electron chi connectivity index (χ1n) is 7.35. The van der Waals surface area contributed by atoms with Crippen molar-refractivity contribution >= 4 is 22.6 Å². The van der Waals surface area contributed by atoms with Crippen LogP contribution in [0.2, 0.25) is 5.32 Å². The molecule has 0 atom stereocenters. The predicted molar refractivity (Wildman–Crippen MR) is 83.9 cm³/mol. The van der Waals surface area contributed by atoms with Gasteiger partial charge in [0.25, 0.3) is 0 Å². The maximum atomic E-state index is 12.5. The van der Waals surface area contributed by atoms with Gasteiger partial charge in [-0.15, -0.1) is 0 Å². The van der Waals surface area contributed by atoms with Crippen molar-refractivity contribution in [2.75, 3.05) is 13.2 Å². The van der Waals surface area contributed by atoms with Gasteiger partial charge in [0.2, 0.25) is 0 Å². The third-order valence-electron chi connectivity index (χ3n) is 2.48. The Bertz CT molecular complexity index is 282. The van der Waals surface area contributed by atoms with E-state index in [0.29, 0.717) is 28.2 Å². The summed E-state index contributed by atoms with van der Waals surface area (Å²) >= 11 is 0.426. The van der Waals surface area contributed by atoms with Crippen molar-refractivity contribution < 1.29 is 13.6 Å². The Morgan fingerprint density at radius 1 is 1.05 bits per heavy atom. The van der Waals surface area contributed by atoms with Crippen molar-refractivity contribution in [2.45, 2.75) is 65.1 Å². The molecule has 0 saturated heterocycles. The molecule has 0 rings (SSSR count). The zero-order valence-corrected chi connectivity index (χ0v) is 15.4. The molecule has 0 aliphatic rings. The number of unbranched alkanes of at least 4 members (excludes halogenated alkanes) is 2. The summed E-state index contributed by atoms with van der Waals surface area (Å²) in [4.78, 5) is 0. The minimum absolute atomic E-state index is 0.426. The fourth-order valence-electron chi connectivity index (χ4n) is 1.52. The zero-order valence-electron chi connectivity index (χ0n) is 12.8. The number of hydrogen-bond donors (Lipinski definition) is 0. The van der Waals surface area contributed by atoms with Gasteiger partial charge >= 0.3 is 125 Å². The summed E-state index contributed by atoms with van der Waals surface area (Å²) in [7, 11) is -3.01. The number of hydrogen-bond acceptors (Lipinski definition) is 3. The SMILES string of the molecule is CCCC[Se]/C(=C/P(=O)(OCC)OCC)CCCC. The molecule has 3 nitrogen and oxygen atoms in total. The van der Waals surface area contributed by atoms with Crippen molar-refractivity contribution in [1.29, 1.82) is 0 Å². The molecule has 0 saturated carbocycles. The molecule has 0 N–H and O–H groups in total. The van der Waals surface area contributed by atoms with Crippen LogP contribution in [0.4, 0.5) is 0 Å². The molecule has 0 aromatic heterocycles. The van der Waals surface area contributed by atoms with E-state index in [2.05, 4.69) is 13.8 Å². The molecule has 0 aliphatic carbocycles. The normalized spacial score (nSPS) is 12.9. The molecule has 19 heavy (non-hydrogen) atoms. The third kappa shape index (κ3) is 9.87. The molecule has 0 amide bonds. The molecule has 0 aromatic rings. The van der Waals surface area contributed by atoms with E-state index in [1.54, 1.807) is 0 Å². The van der Waals surface area contributed by atoms with E-state index in [4.69, 9.17) is 9.05 Å². The standard InChI is InChI=1S/C14H29O3PSe/c1-5-9-11-14(19-12-10-6-2)13-18(15,16-7-3)17-8-4/h13H,5-12H2,1-4H3/b14-13+. The van der Waals surface area contributed by atoms with E-state index in [-0.39, 0.29) is 0 Å². The van der Waals surface area contributed by atoms with Gasteiger partial charge in [-0.2, -0.15) is 0 Å². The average molecular weight is 355 g/mol. The minimum atomic E-state index is -3.01. The van der Waals surface area contributed by atoms with Crippen molar-refractivity contribution in [2.24, 2.45) is 0 Å². The van der Waals surface area contributed by atoms with Crippen LogP contribution in [0, 0.1) is 0 Å². The first-order valence-corrected chi connectivity index (χ1v) is 11.0. The molecule has 0 heterocycles. The Kier molecular flexibility index (Phi) is 12.4. The first kappa shape index (κ1) is 19.4. The number of allylic oxidation sites excluding steroid dienone is 1. The molecule has 0 bridgehead atoms. The van der Waals surface area contributed by atoms with Crippen LogP contribution in [0.15, 0.2) is 10.3 Å². The summed E-state index contributed by atoms with van der Waals surface area (Å²) in [5, 5.41) is 1.22. The molecule has 0 radical (unpaired) electrons. The quantitative estimate of drug-likeness (QED) is 0.274. The van der Waals surface area contributed by atoms with Gasteiger partial charge in [0.15, 0.2) is 0 Å². The summed E-state index contributed by atoms with van der Waals surface area (Å²) in [6.07, 6.45) is 5.81. The van der Waals surface area contributed by atoms with Crippen LogP contribution >= 0.6 is 7.60 Å². The van der Waals surface area contributed by atoms with Crippen LogP contribution in [-0.2, 0) is 13.6 Å². The van der Waals surface area contributed by atoms with Gasteiger partial charge in [0.05, 0.1) is 0 Å². The van der Waals surface area contributed by atoms with Gasteiger partial charge in [-0.05, 0) is 0 Å². The molecule has 5 heteroatoms. The molecule has 0 aliphatic heterocycles. The zero-order chi connectivity index (χ0) is 14.6. The topological polar surface area (TPSA) is 35.5 Å². The molecular weight excluding hydrogens is 326 g/mol. The molecule has 0 unspecified atom stereocenters. The third-order valence-corrected chi connectivity index (χ3v) is 7.23. The van der Waals surface area contributed by atoms with E-state index in [9.17, 15) is 4.57 Å². The van der Waals surface area contributed by atoms with Crippen LogP contribution in [0.25, 0.3) is 0 Å². The van der Waals surface area contributed by atoms with Crippen molar-refractivity contribution in [3.8, 4) is 0 Å². The summed E-state index contributed by atoms with van der Waals surface area (Å²) in [6, 6.07) is 0. The van der Waals surface area contributed by atoms with Gasteiger partial charge in [-0.3, -0.25) is 0 Å². The molecule has 114 valence electrons. The van der Waals surface area contributed by atoms with E-state index < -0.39 is 7.60 Å². The van der Waals surface area contributed by atoms with Gasteiger partial charge < -0.3 is 0 Å². The fourth-order valence-corrected chi connectivity index (χ4v) is 6.37. The van der Waals surface area contributed by atoms with E-state index in [1.807, 2.05) is 19.7 Å². The molecule has 0 fully saturated rings. The van der Waals surface area contributed by atoms with Gasteiger partial charge in [0.1, 0.15) is 0 Å². The predicted octanol–water partition coefficient (Wildman–Crippen LogP) is 5.21. The van der Waals surface area contributed by atoms with E-state index in [0.717, 1.165) is 19.3 Å². The summed E-state index contributed by atoms with van der Waals surface area (Å²) in [5.74, 6) is 1.81. The Balaban J connectivity index is 4.73. The van der Waals surface area contributed by atoms with Crippen LogP contribution in [0.5, 0.6) is 0 Å². The van der Waals surface area contributed by atoms with Crippen molar-refractivity contribution in [3.05, 3.63) is 10.3 Å².